The summed E-state index contributed by atoms with van der Waals surface area (Å²) < 4.78 is 6.75. The molecule has 86 valence electrons. The molecule has 3 nitrogen and oxygen atoms in total. The number of nitrogens with zero attached hydrogens (tertiary/aromatic N) is 1. The number of carbonyl (C=O) groups excluding carboxylic acids is 1. The average Bonchev–Trinajstić information content (AvgIpc) is 2.03. The summed E-state index contributed by atoms with van der Waals surface area (Å²) in [4.78, 5) is 11.2. The van der Waals surface area contributed by atoms with Gasteiger partial charge in [0.2, 0.25) is 6.21 Å². The fourth-order valence-corrected chi connectivity index (χ4v) is 0.923. The van der Waals surface area contributed by atoms with Gasteiger partial charge < -0.3 is 17.1 Å². The minimum atomic E-state index is -0.330. The Balaban J connectivity index is 0. The van der Waals surface area contributed by atoms with Crippen LogP contribution in [0.2, 0.25) is 0 Å². The maximum atomic E-state index is 11.2. The van der Waals surface area contributed by atoms with Crippen LogP contribution in [-0.4, -0.2) is 36.0 Å². The van der Waals surface area contributed by atoms with Crippen LogP contribution in [0.25, 0.3) is 0 Å². The standard InChI is InChI=1S/C11H18NO2.ClH/c1-5-7-12(8-6-2)9-11(13)14-10(3)4;/h5-6,9-10H,1-2,7-8H2,3-4H3;1H/q+1;/p-1. The zero-order valence-corrected chi connectivity index (χ0v) is 10.0. The topological polar surface area (TPSA) is 29.3 Å². The van der Waals surface area contributed by atoms with Crippen LogP contribution in [0.4, 0.5) is 0 Å². The van der Waals surface area contributed by atoms with Crippen molar-refractivity contribution in [1.82, 2.24) is 0 Å². The molecule has 0 fully saturated rings. The van der Waals surface area contributed by atoms with E-state index in [9.17, 15) is 4.79 Å². The fraction of sp³-hybridized carbons (Fsp3) is 0.455. The SMILES string of the molecule is C=CC[N+](=CC(=O)OC(C)C)CC=C.[Cl-]. The quantitative estimate of drug-likeness (QED) is 0.239. The van der Waals surface area contributed by atoms with Crippen LogP contribution >= 0.6 is 0 Å². The summed E-state index contributed by atoms with van der Waals surface area (Å²) in [6.45, 7) is 12.1. The van der Waals surface area contributed by atoms with Gasteiger partial charge in [-0.25, -0.2) is 9.37 Å². The predicted molar refractivity (Wildman–Crippen MR) is 57.7 cm³/mol. The van der Waals surface area contributed by atoms with Gasteiger partial charge in [0.15, 0.2) is 13.1 Å². The second kappa shape index (κ2) is 9.46. The number of halogens is 1. The van der Waals surface area contributed by atoms with Gasteiger partial charge in [0.1, 0.15) is 0 Å². The number of carbonyl (C=O) groups is 1. The molecule has 4 heteroatoms. The highest BCUT2D eigenvalue weighted by atomic mass is 35.5. The fourth-order valence-electron chi connectivity index (χ4n) is 0.923. The number of ether oxygens (including phenoxy) is 1. The van der Waals surface area contributed by atoms with Crippen LogP contribution in [0.3, 0.4) is 0 Å². The Morgan fingerprint density at radius 3 is 2.13 bits per heavy atom. The van der Waals surface area contributed by atoms with E-state index in [1.54, 1.807) is 16.7 Å². The Morgan fingerprint density at radius 2 is 1.80 bits per heavy atom. The van der Waals surface area contributed by atoms with Gasteiger partial charge in [0, 0.05) is 0 Å². The molecule has 0 saturated heterocycles. The third kappa shape index (κ3) is 9.22. The van der Waals surface area contributed by atoms with Crippen molar-refractivity contribution in [2.24, 2.45) is 0 Å². The third-order valence-electron chi connectivity index (χ3n) is 1.37. The first-order chi connectivity index (χ1) is 6.60. The van der Waals surface area contributed by atoms with E-state index in [0.717, 1.165) is 0 Å². The van der Waals surface area contributed by atoms with E-state index in [1.807, 2.05) is 13.8 Å². The Morgan fingerprint density at radius 1 is 1.33 bits per heavy atom. The second-order valence-electron chi connectivity index (χ2n) is 3.15. The Hall–Kier alpha value is -1.09. The average molecular weight is 232 g/mol. The van der Waals surface area contributed by atoms with E-state index in [2.05, 4.69) is 13.2 Å². The summed E-state index contributed by atoms with van der Waals surface area (Å²) in [5, 5.41) is 0. The number of rotatable bonds is 6. The van der Waals surface area contributed by atoms with Crippen molar-refractivity contribution in [3.05, 3.63) is 25.3 Å². The summed E-state index contributed by atoms with van der Waals surface area (Å²) in [6, 6.07) is 0. The molecule has 0 aromatic rings. The highest BCUT2D eigenvalue weighted by Gasteiger charge is 2.08. The molecule has 0 heterocycles. The molecule has 0 spiro atoms. The Bertz CT molecular complexity index is 235. The van der Waals surface area contributed by atoms with E-state index >= 15 is 0 Å². The van der Waals surface area contributed by atoms with Crippen molar-refractivity contribution in [3.63, 3.8) is 0 Å². The first-order valence-corrected chi connectivity index (χ1v) is 4.61. The summed E-state index contributed by atoms with van der Waals surface area (Å²) in [5.41, 5.74) is 0. The lowest BCUT2D eigenvalue weighted by molar-refractivity contribution is -0.502. The molecule has 0 amide bonds. The second-order valence-corrected chi connectivity index (χ2v) is 3.15. The van der Waals surface area contributed by atoms with E-state index in [0.29, 0.717) is 13.1 Å². The van der Waals surface area contributed by atoms with Crippen molar-refractivity contribution in [2.75, 3.05) is 13.1 Å². The molecule has 0 atom stereocenters. The minimum Gasteiger partial charge on any atom is -1.00 e. The smallest absolute Gasteiger partial charge is 0.395 e. The van der Waals surface area contributed by atoms with E-state index in [1.165, 1.54) is 6.21 Å². The third-order valence-corrected chi connectivity index (χ3v) is 1.37. The maximum Gasteiger partial charge on any atom is 0.395 e. The number of esters is 1. The van der Waals surface area contributed by atoms with Gasteiger partial charge >= 0.3 is 5.97 Å². The highest BCUT2D eigenvalue weighted by Crippen LogP contribution is 1.87. The molecule has 0 unspecified atom stereocenters. The molecule has 0 aromatic heterocycles. The molecule has 15 heavy (non-hydrogen) atoms. The van der Waals surface area contributed by atoms with Crippen molar-refractivity contribution in [2.45, 2.75) is 20.0 Å². The van der Waals surface area contributed by atoms with Crippen molar-refractivity contribution in [3.8, 4) is 0 Å². The normalized spacial score (nSPS) is 8.73. The first kappa shape index (κ1) is 16.3. The largest absolute Gasteiger partial charge is 1.00 e. The highest BCUT2D eigenvalue weighted by molar-refractivity contribution is 6.21. The van der Waals surface area contributed by atoms with Gasteiger partial charge in [-0.1, -0.05) is 13.2 Å². The molecule has 0 radical (unpaired) electrons. The van der Waals surface area contributed by atoms with Gasteiger partial charge in [0.05, 0.1) is 6.10 Å². The Kier molecular flexibility index (Phi) is 10.3. The molecule has 0 N–H and O–H groups in total. The first-order valence-electron chi connectivity index (χ1n) is 4.61. The summed E-state index contributed by atoms with van der Waals surface area (Å²) >= 11 is 0. The molecular formula is C11H18ClNO2. The van der Waals surface area contributed by atoms with Gasteiger partial charge in [-0.2, -0.15) is 0 Å². The van der Waals surface area contributed by atoms with Gasteiger partial charge in [-0.3, -0.25) is 0 Å². The molecular weight excluding hydrogens is 214 g/mol. The molecule has 0 rings (SSSR count). The van der Waals surface area contributed by atoms with E-state index < -0.39 is 0 Å². The van der Waals surface area contributed by atoms with E-state index in [4.69, 9.17) is 4.74 Å². The molecule has 0 saturated carbocycles. The van der Waals surface area contributed by atoms with Crippen LogP contribution in [0.1, 0.15) is 13.8 Å². The molecule has 0 bridgehead atoms. The van der Waals surface area contributed by atoms with Crippen molar-refractivity contribution >= 4 is 12.2 Å². The summed E-state index contributed by atoms with van der Waals surface area (Å²) in [7, 11) is 0. The van der Waals surface area contributed by atoms with Crippen molar-refractivity contribution < 1.29 is 26.5 Å². The zero-order chi connectivity index (χ0) is 11.0. The molecule has 0 aromatic carbocycles. The summed E-state index contributed by atoms with van der Waals surface area (Å²) in [6.07, 6.45) is 4.79. The van der Waals surface area contributed by atoms with E-state index in [-0.39, 0.29) is 24.5 Å². The van der Waals surface area contributed by atoms with Crippen LogP contribution in [0.5, 0.6) is 0 Å². The zero-order valence-electron chi connectivity index (χ0n) is 9.28. The van der Waals surface area contributed by atoms with Crippen LogP contribution in [0, 0.1) is 0 Å². The lowest BCUT2D eigenvalue weighted by atomic mass is 10.4. The van der Waals surface area contributed by atoms with Gasteiger partial charge in [-0.05, 0) is 26.0 Å². The molecule has 0 aliphatic heterocycles. The maximum absolute atomic E-state index is 11.2. The van der Waals surface area contributed by atoms with Crippen molar-refractivity contribution in [1.29, 1.82) is 0 Å². The van der Waals surface area contributed by atoms with Gasteiger partial charge in [0.25, 0.3) is 0 Å². The molecule has 0 aliphatic rings. The monoisotopic (exact) mass is 231 g/mol. The number of hydrogen-bond acceptors (Lipinski definition) is 2. The minimum absolute atomic E-state index is 0. The number of hydrogen-bond donors (Lipinski definition) is 0. The lowest BCUT2D eigenvalue weighted by Crippen LogP contribution is -3.00. The lowest BCUT2D eigenvalue weighted by Gasteiger charge is -2.03. The van der Waals surface area contributed by atoms with Crippen LogP contribution in [0.15, 0.2) is 25.3 Å². The van der Waals surface area contributed by atoms with Crippen LogP contribution in [-0.2, 0) is 9.53 Å². The predicted octanol–water partition coefficient (Wildman–Crippen LogP) is -1.60. The summed E-state index contributed by atoms with van der Waals surface area (Å²) in [5.74, 6) is -0.330. The van der Waals surface area contributed by atoms with Crippen LogP contribution < -0.4 is 12.4 Å². The Labute approximate surface area is 97.5 Å². The van der Waals surface area contributed by atoms with Gasteiger partial charge in [-0.15, -0.1) is 0 Å². The molecule has 0 aliphatic carbocycles.